The van der Waals surface area contributed by atoms with Crippen LogP contribution in [0.15, 0.2) is 18.2 Å². The molecule has 210 valence electrons. The van der Waals surface area contributed by atoms with Gasteiger partial charge in [0, 0.05) is 23.6 Å². The Morgan fingerprint density at radius 1 is 0.821 bits per heavy atom. The third-order valence-electron chi connectivity index (χ3n) is 8.40. The second-order valence-corrected chi connectivity index (χ2v) is 10.6. The first-order valence-electron chi connectivity index (χ1n) is 11.6. The Balaban J connectivity index is 1.89. The zero-order valence-electron chi connectivity index (χ0n) is 21.6. The molecule has 0 spiro atoms. The van der Waals surface area contributed by atoms with Crippen LogP contribution >= 0.6 is 0 Å². The molecule has 4 rings (SSSR count). The number of fused-ring (bicyclic) bond motifs is 2. The first-order chi connectivity index (χ1) is 17.7. The molecule has 0 radical (unpaired) electrons. The summed E-state index contributed by atoms with van der Waals surface area (Å²) in [5.74, 6) is -9.58. The largest absolute Gasteiger partial charge is 0.507 e. The van der Waals surface area contributed by atoms with Crippen LogP contribution in [0.1, 0.15) is 76.8 Å². The third-order valence-corrected chi connectivity index (χ3v) is 8.40. The Kier molecular flexibility index (Phi) is 5.89. The molecule has 1 fully saturated rings. The van der Waals surface area contributed by atoms with E-state index in [1.165, 1.54) is 6.92 Å². The molecular weight excluding hydrogens is 520 g/mol. The van der Waals surface area contributed by atoms with Crippen molar-refractivity contribution in [1.82, 2.24) is 0 Å². The highest BCUT2D eigenvalue weighted by Gasteiger charge is 2.75. The molecule has 0 saturated carbocycles. The molecule has 0 unspecified atom stereocenters. The Labute approximate surface area is 221 Å². The first kappa shape index (κ1) is 28.3. The summed E-state index contributed by atoms with van der Waals surface area (Å²) in [6.07, 6.45) is 0. The zero-order valence-corrected chi connectivity index (χ0v) is 21.6. The van der Waals surface area contributed by atoms with E-state index in [1.54, 1.807) is 0 Å². The molecule has 2 aromatic rings. The molecule has 0 aromatic heterocycles. The fraction of sp³-hybridized carbons (Fsp3) is 0.423. The van der Waals surface area contributed by atoms with Crippen molar-refractivity contribution in [2.24, 2.45) is 0 Å². The molecule has 1 saturated heterocycles. The number of carboxylic acid groups (broad SMARTS) is 1. The zero-order chi connectivity index (χ0) is 29.7. The minimum absolute atomic E-state index is 0.384. The van der Waals surface area contributed by atoms with Crippen molar-refractivity contribution in [3.63, 3.8) is 0 Å². The van der Waals surface area contributed by atoms with Crippen LogP contribution in [0, 0.1) is 0 Å². The van der Waals surface area contributed by atoms with Gasteiger partial charge in [-0.25, -0.2) is 4.79 Å². The van der Waals surface area contributed by atoms with E-state index < -0.39 is 97.6 Å². The number of carbonyl (C=O) groups is 3. The van der Waals surface area contributed by atoms with Gasteiger partial charge in [0.2, 0.25) is 11.5 Å². The quantitative estimate of drug-likeness (QED) is 0.207. The Bertz CT molecular complexity index is 1450. The summed E-state index contributed by atoms with van der Waals surface area (Å²) in [5.41, 5.74) is -11.8. The number of aromatic hydroxyl groups is 3. The molecule has 39 heavy (non-hydrogen) atoms. The summed E-state index contributed by atoms with van der Waals surface area (Å²) in [4.78, 5) is 37.9. The number of hydrogen-bond donors (Lipinski definition) is 8. The van der Waals surface area contributed by atoms with E-state index in [0.29, 0.717) is 0 Å². The maximum atomic E-state index is 13.3. The number of benzene rings is 2. The predicted molar refractivity (Wildman–Crippen MR) is 129 cm³/mol. The minimum atomic E-state index is -2.48. The summed E-state index contributed by atoms with van der Waals surface area (Å²) in [5, 5.41) is 84.5. The van der Waals surface area contributed by atoms with Crippen LogP contribution in [-0.4, -0.2) is 93.2 Å². The summed E-state index contributed by atoms with van der Waals surface area (Å²) < 4.78 is 11.6. The van der Waals surface area contributed by atoms with E-state index in [9.17, 15) is 55.2 Å². The second-order valence-electron chi connectivity index (χ2n) is 10.6. The van der Waals surface area contributed by atoms with Gasteiger partial charge in [-0.1, -0.05) is 0 Å². The third kappa shape index (κ3) is 3.41. The number of phenolic OH excluding ortho intramolecular Hbond substituents is 2. The summed E-state index contributed by atoms with van der Waals surface area (Å²) >= 11 is 0. The predicted octanol–water partition coefficient (Wildman–Crippen LogP) is 0.406. The average molecular weight is 548 g/mol. The van der Waals surface area contributed by atoms with E-state index in [-0.39, 0.29) is 5.56 Å². The van der Waals surface area contributed by atoms with Crippen molar-refractivity contribution < 1.29 is 64.7 Å². The lowest BCUT2D eigenvalue weighted by Gasteiger charge is -2.64. The highest BCUT2D eigenvalue weighted by molar-refractivity contribution is 6.30. The summed E-state index contributed by atoms with van der Waals surface area (Å²) in [6.45, 7) is 4.76. The van der Waals surface area contributed by atoms with Gasteiger partial charge in [-0.15, -0.1) is 0 Å². The topological polar surface area (TPSA) is 232 Å². The van der Waals surface area contributed by atoms with Crippen molar-refractivity contribution in [1.29, 1.82) is 0 Å². The van der Waals surface area contributed by atoms with Crippen molar-refractivity contribution >= 4 is 17.5 Å². The van der Waals surface area contributed by atoms with E-state index in [0.717, 1.165) is 45.9 Å². The highest BCUT2D eigenvalue weighted by Crippen LogP contribution is 2.55. The molecule has 0 bridgehead atoms. The first-order valence-corrected chi connectivity index (χ1v) is 11.6. The Morgan fingerprint density at radius 2 is 1.38 bits per heavy atom. The highest BCUT2D eigenvalue weighted by atomic mass is 16.7. The summed E-state index contributed by atoms with van der Waals surface area (Å²) in [7, 11) is 0. The van der Waals surface area contributed by atoms with Gasteiger partial charge in [0.15, 0.2) is 28.7 Å². The molecule has 0 amide bonds. The molecule has 2 aliphatic rings. The lowest BCUT2D eigenvalue weighted by molar-refractivity contribution is -0.441. The lowest BCUT2D eigenvalue weighted by atomic mass is 9.61. The van der Waals surface area contributed by atoms with Crippen molar-refractivity contribution in [3.8, 4) is 23.0 Å². The van der Waals surface area contributed by atoms with Gasteiger partial charge in [-0.05, 0) is 45.9 Å². The maximum Gasteiger partial charge on any atom is 0.339 e. The van der Waals surface area contributed by atoms with Gasteiger partial charge in [-0.3, -0.25) is 9.59 Å². The normalized spacial score (nSPS) is 33.9. The number of carbonyl (C=O) groups excluding carboxylic acids is 2. The van der Waals surface area contributed by atoms with Gasteiger partial charge in [0.25, 0.3) is 0 Å². The van der Waals surface area contributed by atoms with Crippen LogP contribution in [0.3, 0.4) is 0 Å². The number of rotatable bonds is 4. The number of aliphatic hydroxyl groups is 4. The second kappa shape index (κ2) is 8.13. The molecule has 13 heteroatoms. The smallest absolute Gasteiger partial charge is 0.339 e. The lowest BCUT2D eigenvalue weighted by Crippen LogP contribution is -2.85. The number of ketones is 2. The van der Waals surface area contributed by atoms with Crippen LogP contribution in [0.4, 0.5) is 0 Å². The van der Waals surface area contributed by atoms with Gasteiger partial charge in [0.05, 0.1) is 12.2 Å². The molecule has 1 heterocycles. The van der Waals surface area contributed by atoms with Crippen LogP contribution in [-0.2, 0) is 4.74 Å². The molecule has 5 atom stereocenters. The van der Waals surface area contributed by atoms with Crippen molar-refractivity contribution in [2.45, 2.75) is 62.8 Å². The fourth-order valence-corrected chi connectivity index (χ4v) is 5.11. The molecule has 1 aliphatic carbocycles. The van der Waals surface area contributed by atoms with Crippen LogP contribution in [0.5, 0.6) is 23.0 Å². The van der Waals surface area contributed by atoms with Gasteiger partial charge >= 0.3 is 5.97 Å². The van der Waals surface area contributed by atoms with Crippen LogP contribution in [0.2, 0.25) is 0 Å². The van der Waals surface area contributed by atoms with Gasteiger partial charge in [0.1, 0.15) is 28.1 Å². The van der Waals surface area contributed by atoms with Gasteiger partial charge in [-0.2, -0.15) is 0 Å². The van der Waals surface area contributed by atoms with E-state index in [1.807, 2.05) is 0 Å². The number of ether oxygens (including phenoxy) is 2. The van der Waals surface area contributed by atoms with E-state index >= 15 is 0 Å². The van der Waals surface area contributed by atoms with E-state index in [2.05, 4.69) is 0 Å². The SMILES string of the molecule is C[C@]1(Oc2cc3c(c(O)c2O)C(=O)c2cc(C(=O)O)c(O)cc2C3=O)O[C@](C)(CO)[C@@](C)(O)[C@@](C)(O)[C@@]1(C)O. The summed E-state index contributed by atoms with van der Waals surface area (Å²) in [6, 6.07) is 2.42. The monoisotopic (exact) mass is 548 g/mol. The maximum absolute atomic E-state index is 13.3. The fourth-order valence-electron chi connectivity index (χ4n) is 5.11. The van der Waals surface area contributed by atoms with Crippen molar-refractivity contribution in [3.05, 3.63) is 46.0 Å². The molecular formula is C26H28O13. The number of carboxylic acids is 1. The van der Waals surface area contributed by atoms with Gasteiger partial charge < -0.3 is 50.3 Å². The molecule has 8 N–H and O–H groups in total. The van der Waals surface area contributed by atoms with Crippen LogP contribution in [0.25, 0.3) is 0 Å². The number of hydrogen-bond acceptors (Lipinski definition) is 12. The average Bonchev–Trinajstić information content (AvgIpc) is 2.83. The minimum Gasteiger partial charge on any atom is -0.507 e. The molecule has 2 aromatic carbocycles. The number of aliphatic hydroxyl groups excluding tert-OH is 1. The Morgan fingerprint density at radius 3 is 1.92 bits per heavy atom. The van der Waals surface area contributed by atoms with Crippen molar-refractivity contribution in [2.75, 3.05) is 6.61 Å². The van der Waals surface area contributed by atoms with E-state index in [4.69, 9.17) is 9.47 Å². The number of phenols is 3. The molecule has 1 aliphatic heterocycles. The number of aromatic carboxylic acids is 1. The Hall–Kier alpha value is -3.75. The molecule has 13 nitrogen and oxygen atoms in total. The standard InChI is InChI=1S/C26H28O13/c1-22(9-27)23(2,35)24(3,36)25(4,37)26(5,39-22)38-15-8-13-16(20(32)19(15)31)18(30)10-6-12(21(33)34)14(28)7-11(10)17(13)29/h6-8,27-28,31-32,35-37H,9H2,1-5H3,(H,33,34)/t22-,23-,24-,25-,26+/m1/s1. The van der Waals surface area contributed by atoms with Crippen LogP contribution < -0.4 is 4.74 Å².